The van der Waals surface area contributed by atoms with Crippen molar-refractivity contribution in [2.24, 2.45) is 0 Å². The Hall–Kier alpha value is 3.53. The summed E-state index contributed by atoms with van der Waals surface area (Å²) in [5.74, 6) is 0. The molecule has 4 heteroatoms. The van der Waals surface area contributed by atoms with E-state index in [1.165, 1.54) is 0 Å². The molecule has 26 valence electrons. The molecule has 0 N–H and O–H groups in total. The van der Waals surface area contributed by atoms with E-state index in [2.05, 4.69) is 42.9 Å². The predicted molar refractivity (Wildman–Crippen MR) is 42.1 cm³/mol. The molecular formula is I3Pm. The third kappa shape index (κ3) is 9.11. The average Bonchev–Trinajstić information content (AvgIpc) is 0.811. The van der Waals surface area contributed by atoms with Gasteiger partial charge in [0, 0.05) is 0 Å². The van der Waals surface area contributed by atoms with Gasteiger partial charge in [-0.3, -0.25) is 0 Å². The summed E-state index contributed by atoms with van der Waals surface area (Å²) in [5, 5.41) is 0. The molecule has 0 atom stereocenters. The molecular weight excluding hydrogens is 526 g/mol. The molecule has 0 aliphatic carbocycles. The van der Waals surface area contributed by atoms with E-state index < -0.39 is 18.0 Å². The maximum absolute atomic E-state index is 2.52. The number of hydrogen-bond donors (Lipinski definition) is 0. The first-order chi connectivity index (χ1) is 1.73. The van der Waals surface area contributed by atoms with Gasteiger partial charge in [0.25, 0.3) is 0 Å². The van der Waals surface area contributed by atoms with Crippen molar-refractivity contribution in [3.05, 3.63) is 0 Å². The van der Waals surface area contributed by atoms with Gasteiger partial charge in [-0.1, -0.05) is 0 Å². The van der Waals surface area contributed by atoms with E-state index in [-0.39, 0.29) is 0 Å². The van der Waals surface area contributed by atoms with Crippen molar-refractivity contribution in [2.75, 3.05) is 0 Å². The molecule has 0 saturated heterocycles. The minimum atomic E-state index is -0.683. The SMILES string of the molecule is [I][Pm]([I])[I]. The van der Waals surface area contributed by atoms with Gasteiger partial charge in [-0.25, -0.2) is 0 Å². The van der Waals surface area contributed by atoms with Crippen molar-refractivity contribution in [1.82, 2.24) is 0 Å². The van der Waals surface area contributed by atoms with Crippen LogP contribution in [0.4, 0.5) is 0 Å². The van der Waals surface area contributed by atoms with Crippen LogP contribution in [0.15, 0.2) is 0 Å². The standard InChI is InChI=1S/3HI.Pm/h3*1H;/q;;;+3/p-3. The van der Waals surface area contributed by atoms with Gasteiger partial charge in [0.1, 0.15) is 0 Å². The van der Waals surface area contributed by atoms with Crippen molar-refractivity contribution in [2.45, 2.75) is 0 Å². The quantitative estimate of drug-likeness (QED) is 0.427. The fraction of sp³-hybridized carbons (Fsp3) is 0. The topological polar surface area (TPSA) is 0 Å². The first kappa shape index (κ1) is 7.53. The van der Waals surface area contributed by atoms with E-state index in [0.717, 1.165) is 0 Å². The molecule has 0 radical (unpaired) electrons. The summed E-state index contributed by atoms with van der Waals surface area (Å²) in [7, 11) is 0. The molecule has 0 amide bonds. The Bertz CT molecular complexity index is 8.00. The van der Waals surface area contributed by atoms with E-state index in [1.807, 2.05) is 0 Å². The molecule has 0 bridgehead atoms. The molecule has 0 heterocycles. The van der Waals surface area contributed by atoms with Crippen LogP contribution in [0.2, 0.25) is 0 Å². The molecule has 0 nitrogen and oxygen atoms in total. The summed E-state index contributed by atoms with van der Waals surface area (Å²) in [6.07, 6.45) is 0. The molecule has 0 unspecified atom stereocenters. The zero-order valence-corrected chi connectivity index (χ0v) is 10.9. The van der Waals surface area contributed by atoms with Crippen LogP contribution in [0.25, 0.3) is 0 Å². The number of rotatable bonds is 0. The van der Waals surface area contributed by atoms with Crippen LogP contribution in [0.5, 0.6) is 0 Å². The van der Waals surface area contributed by atoms with Gasteiger partial charge < -0.3 is 0 Å². The monoisotopic (exact) mass is 526 g/mol. The first-order valence-corrected chi connectivity index (χ1v) is 25.2. The van der Waals surface area contributed by atoms with Crippen molar-refractivity contribution < 1.29 is 18.0 Å². The van der Waals surface area contributed by atoms with Gasteiger partial charge >= 0.3 is 60.9 Å². The van der Waals surface area contributed by atoms with Gasteiger partial charge in [-0.15, -0.1) is 0 Å². The Morgan fingerprint density at radius 2 is 1.00 bits per heavy atom. The van der Waals surface area contributed by atoms with Crippen molar-refractivity contribution in [3.8, 4) is 0 Å². The van der Waals surface area contributed by atoms with E-state index in [1.54, 1.807) is 0 Å². The van der Waals surface area contributed by atoms with Crippen molar-refractivity contribution >= 4 is 42.9 Å². The van der Waals surface area contributed by atoms with Crippen LogP contribution in [0, 0.1) is 18.0 Å². The summed E-state index contributed by atoms with van der Waals surface area (Å²) < 4.78 is 0. The van der Waals surface area contributed by atoms with Gasteiger partial charge in [0.05, 0.1) is 0 Å². The average molecular weight is 526 g/mol. The third-order valence-electron chi connectivity index (χ3n) is 0. The van der Waals surface area contributed by atoms with E-state index >= 15 is 0 Å². The summed E-state index contributed by atoms with van der Waals surface area (Å²) in [5.41, 5.74) is 0. The molecule has 0 rings (SSSR count). The second-order valence-electron chi connectivity index (χ2n) is 0.192. The zero-order chi connectivity index (χ0) is 3.58. The first-order valence-electron chi connectivity index (χ1n) is 0.507. The third-order valence-corrected chi connectivity index (χ3v) is 0. The van der Waals surface area contributed by atoms with Gasteiger partial charge in [-0.05, 0) is 0 Å². The van der Waals surface area contributed by atoms with E-state index in [9.17, 15) is 0 Å². The number of hydrogen-bond acceptors (Lipinski definition) is 0. The van der Waals surface area contributed by atoms with Crippen LogP contribution in [-0.4, -0.2) is 0 Å². The fourth-order valence-corrected chi connectivity index (χ4v) is 0. The molecule has 0 spiro atoms. The summed E-state index contributed by atoms with van der Waals surface area (Å²) in [6, 6.07) is 0. The Morgan fingerprint density at radius 1 is 1.00 bits per heavy atom. The molecule has 0 fully saturated rings. The molecule has 0 aromatic carbocycles. The molecule has 0 saturated carbocycles. The van der Waals surface area contributed by atoms with Gasteiger partial charge in [-0.2, -0.15) is 0 Å². The van der Waals surface area contributed by atoms with Crippen LogP contribution in [0.3, 0.4) is 0 Å². The Kier molecular flexibility index (Phi) is 8.81. The summed E-state index contributed by atoms with van der Waals surface area (Å²) in [6.45, 7) is 0. The Morgan fingerprint density at radius 3 is 1.00 bits per heavy atom. The fourth-order valence-electron chi connectivity index (χ4n) is 0. The normalized spacial score (nSPS) is 9.00. The van der Waals surface area contributed by atoms with Gasteiger partial charge in [0.2, 0.25) is 0 Å². The zero-order valence-electron chi connectivity index (χ0n) is 1.58. The predicted octanol–water partition coefficient (Wildman–Crippen LogP) is 2.66. The van der Waals surface area contributed by atoms with Gasteiger partial charge in [0.15, 0.2) is 0 Å². The van der Waals surface area contributed by atoms with Crippen LogP contribution < -0.4 is 0 Å². The van der Waals surface area contributed by atoms with E-state index in [4.69, 9.17) is 0 Å². The van der Waals surface area contributed by atoms with Crippen LogP contribution >= 0.6 is 42.9 Å². The van der Waals surface area contributed by atoms with Crippen LogP contribution in [-0.2, 0) is 0 Å². The van der Waals surface area contributed by atoms with Crippen LogP contribution in [0.1, 0.15) is 0 Å². The maximum atomic E-state index is 2.52. The minimum absolute atomic E-state index is 0.683. The van der Waals surface area contributed by atoms with E-state index in [0.29, 0.717) is 0 Å². The molecule has 0 aliphatic rings. The molecule has 0 aromatic heterocycles. The molecule has 0 aromatic rings. The number of halogens is 3. The van der Waals surface area contributed by atoms with Crippen molar-refractivity contribution in [3.63, 3.8) is 0 Å². The summed E-state index contributed by atoms with van der Waals surface area (Å²) >= 11 is 6.88. The summed E-state index contributed by atoms with van der Waals surface area (Å²) in [4.78, 5) is 0. The second-order valence-corrected chi connectivity index (χ2v) is 64.0. The molecule has 4 heavy (non-hydrogen) atoms. The Balaban J connectivity index is 2.32. The Labute approximate surface area is 57.9 Å². The second kappa shape index (κ2) is 4.68. The van der Waals surface area contributed by atoms with Crippen molar-refractivity contribution in [1.29, 1.82) is 0 Å². The molecule has 0 aliphatic heterocycles.